The van der Waals surface area contributed by atoms with Crippen molar-refractivity contribution in [1.82, 2.24) is 0 Å². The van der Waals surface area contributed by atoms with Gasteiger partial charge in [0.05, 0.1) is 12.2 Å². The van der Waals surface area contributed by atoms with Gasteiger partial charge in [-0.25, -0.2) is 9.59 Å². The van der Waals surface area contributed by atoms with Crippen LogP contribution in [0.3, 0.4) is 0 Å². The highest BCUT2D eigenvalue weighted by Crippen LogP contribution is 2.55. The fourth-order valence-corrected chi connectivity index (χ4v) is 4.50. The SMILES string of the molecule is C=CCN1C(N)=C(C(=O)OCC)[C@]2(C(=O)OC3=C2C(=O)CCC3)c2ccccc21. The number of ether oxygens (including phenoxy) is 2. The van der Waals surface area contributed by atoms with Crippen molar-refractivity contribution in [2.24, 2.45) is 5.73 Å². The van der Waals surface area contributed by atoms with Crippen molar-refractivity contribution in [2.75, 3.05) is 18.1 Å². The van der Waals surface area contributed by atoms with Crippen LogP contribution >= 0.6 is 0 Å². The molecule has 7 heteroatoms. The second kappa shape index (κ2) is 6.92. The molecule has 0 saturated carbocycles. The van der Waals surface area contributed by atoms with Crippen LogP contribution in [0.15, 0.2) is 59.6 Å². The van der Waals surface area contributed by atoms with Gasteiger partial charge in [-0.05, 0) is 19.4 Å². The zero-order valence-corrected chi connectivity index (χ0v) is 16.2. The minimum atomic E-state index is -1.71. The molecule has 29 heavy (non-hydrogen) atoms. The Hall–Kier alpha value is -3.35. The lowest BCUT2D eigenvalue weighted by Gasteiger charge is -2.41. The molecular formula is C22H22N2O5. The number of rotatable bonds is 4. The Bertz CT molecular complexity index is 1010. The zero-order valence-electron chi connectivity index (χ0n) is 16.2. The van der Waals surface area contributed by atoms with E-state index in [4.69, 9.17) is 15.2 Å². The van der Waals surface area contributed by atoms with Crippen LogP contribution in [0.25, 0.3) is 0 Å². The number of Topliss-reactive ketones (excluding diaryl/α,β-unsaturated/α-hetero) is 1. The molecular weight excluding hydrogens is 372 g/mol. The average Bonchev–Trinajstić information content (AvgIpc) is 2.99. The van der Waals surface area contributed by atoms with Crippen molar-refractivity contribution >= 4 is 23.4 Å². The van der Waals surface area contributed by atoms with Crippen molar-refractivity contribution in [3.05, 3.63) is 65.2 Å². The number of nitrogens with zero attached hydrogens (tertiary/aromatic N) is 1. The number of nitrogens with two attached hydrogens (primary N) is 1. The topological polar surface area (TPSA) is 98.9 Å². The van der Waals surface area contributed by atoms with E-state index in [0.717, 1.165) is 0 Å². The smallest absolute Gasteiger partial charge is 0.339 e. The normalized spacial score (nSPS) is 23.1. The van der Waals surface area contributed by atoms with Crippen molar-refractivity contribution in [1.29, 1.82) is 0 Å². The maximum Gasteiger partial charge on any atom is 0.339 e. The largest absolute Gasteiger partial charge is 0.462 e. The second-order valence-electron chi connectivity index (χ2n) is 7.11. The first-order chi connectivity index (χ1) is 14.0. The first kappa shape index (κ1) is 19.0. The number of ketones is 1. The number of carbonyl (C=O) groups is 3. The van der Waals surface area contributed by atoms with Gasteiger partial charge in [-0.15, -0.1) is 6.58 Å². The van der Waals surface area contributed by atoms with E-state index in [9.17, 15) is 14.4 Å². The van der Waals surface area contributed by atoms with Gasteiger partial charge in [0, 0.05) is 30.6 Å². The van der Waals surface area contributed by atoms with Gasteiger partial charge in [-0.1, -0.05) is 24.3 Å². The molecule has 2 aliphatic heterocycles. The van der Waals surface area contributed by atoms with Crippen LogP contribution in [0.5, 0.6) is 0 Å². The summed E-state index contributed by atoms with van der Waals surface area (Å²) in [6.45, 7) is 5.85. The molecule has 1 aromatic carbocycles. The third kappa shape index (κ3) is 2.46. The van der Waals surface area contributed by atoms with Crippen LogP contribution in [-0.4, -0.2) is 30.9 Å². The molecule has 0 fully saturated rings. The third-order valence-corrected chi connectivity index (χ3v) is 5.57. The summed E-state index contributed by atoms with van der Waals surface area (Å²) < 4.78 is 10.8. The Balaban J connectivity index is 2.11. The molecule has 0 amide bonds. The number of hydrogen-bond acceptors (Lipinski definition) is 7. The summed E-state index contributed by atoms with van der Waals surface area (Å²) in [5.41, 5.74) is 6.01. The van der Waals surface area contributed by atoms with E-state index in [1.54, 1.807) is 36.1 Å². The average molecular weight is 394 g/mol. The van der Waals surface area contributed by atoms with Gasteiger partial charge in [-0.3, -0.25) is 4.79 Å². The Labute approximate surface area is 168 Å². The summed E-state index contributed by atoms with van der Waals surface area (Å²) in [5, 5.41) is 0. The fourth-order valence-electron chi connectivity index (χ4n) is 4.50. The van der Waals surface area contributed by atoms with Crippen molar-refractivity contribution in [3.8, 4) is 0 Å². The molecule has 1 atom stereocenters. The summed E-state index contributed by atoms with van der Waals surface area (Å²) in [5.74, 6) is -1.25. The van der Waals surface area contributed by atoms with Gasteiger partial charge in [0.2, 0.25) is 0 Å². The first-order valence-electron chi connectivity index (χ1n) is 9.62. The van der Waals surface area contributed by atoms with Crippen LogP contribution in [0, 0.1) is 0 Å². The fraction of sp³-hybridized carbons (Fsp3) is 0.318. The number of fused-ring (bicyclic) bond motifs is 3. The van der Waals surface area contributed by atoms with Crippen molar-refractivity contribution in [2.45, 2.75) is 31.6 Å². The van der Waals surface area contributed by atoms with Crippen LogP contribution < -0.4 is 10.6 Å². The molecule has 0 unspecified atom stereocenters. The molecule has 1 aliphatic carbocycles. The Kier molecular flexibility index (Phi) is 4.53. The van der Waals surface area contributed by atoms with E-state index in [0.29, 0.717) is 36.4 Å². The van der Waals surface area contributed by atoms with Crippen LogP contribution in [0.4, 0.5) is 5.69 Å². The number of hydrogen-bond donors (Lipinski definition) is 1. The predicted octanol–water partition coefficient (Wildman–Crippen LogP) is 2.23. The first-order valence-corrected chi connectivity index (χ1v) is 9.62. The Morgan fingerprint density at radius 2 is 2.10 bits per heavy atom. The molecule has 0 aromatic heterocycles. The molecule has 1 spiro atoms. The van der Waals surface area contributed by atoms with Gasteiger partial charge in [0.25, 0.3) is 0 Å². The molecule has 3 aliphatic rings. The van der Waals surface area contributed by atoms with E-state index in [-0.39, 0.29) is 35.8 Å². The molecule has 2 N–H and O–H groups in total. The molecule has 0 bridgehead atoms. The summed E-state index contributed by atoms with van der Waals surface area (Å²) in [4.78, 5) is 41.2. The number of allylic oxidation sites excluding steroid dienone is 1. The molecule has 150 valence electrons. The minimum absolute atomic E-state index is 0.0612. The highest BCUT2D eigenvalue weighted by Gasteiger charge is 2.63. The zero-order chi connectivity index (χ0) is 20.8. The van der Waals surface area contributed by atoms with E-state index < -0.39 is 17.4 Å². The summed E-state index contributed by atoms with van der Waals surface area (Å²) >= 11 is 0. The monoisotopic (exact) mass is 394 g/mol. The summed E-state index contributed by atoms with van der Waals surface area (Å²) in [7, 11) is 0. The number of anilines is 1. The van der Waals surface area contributed by atoms with Gasteiger partial charge in [0.1, 0.15) is 17.2 Å². The van der Waals surface area contributed by atoms with Crippen molar-refractivity contribution in [3.63, 3.8) is 0 Å². The quantitative estimate of drug-likeness (QED) is 0.617. The van der Waals surface area contributed by atoms with Gasteiger partial charge < -0.3 is 20.1 Å². The van der Waals surface area contributed by atoms with Gasteiger partial charge in [-0.2, -0.15) is 0 Å². The Morgan fingerprint density at radius 3 is 2.83 bits per heavy atom. The predicted molar refractivity (Wildman–Crippen MR) is 105 cm³/mol. The number of carbonyl (C=O) groups excluding carboxylic acids is 3. The molecule has 4 rings (SSSR count). The highest BCUT2D eigenvalue weighted by atomic mass is 16.5. The molecule has 1 aromatic rings. The minimum Gasteiger partial charge on any atom is -0.462 e. The maximum atomic E-state index is 13.4. The molecule has 0 radical (unpaired) electrons. The van der Waals surface area contributed by atoms with E-state index >= 15 is 0 Å². The number of para-hydroxylation sites is 1. The lowest BCUT2D eigenvalue weighted by atomic mass is 9.64. The standard InChI is InChI=1S/C22H22N2O5/c1-3-12-24-14-9-6-5-8-13(14)22(18(19(24)23)20(26)28-4-2)17-15(25)10-7-11-16(17)29-21(22)27/h3,5-6,8-9H,1,4,7,10-12,23H2,2H3/t22-/m0/s1. The van der Waals surface area contributed by atoms with Crippen LogP contribution in [0.2, 0.25) is 0 Å². The van der Waals surface area contributed by atoms with E-state index in [1.165, 1.54) is 0 Å². The lowest BCUT2D eigenvalue weighted by molar-refractivity contribution is -0.146. The Morgan fingerprint density at radius 1 is 1.34 bits per heavy atom. The van der Waals surface area contributed by atoms with Crippen LogP contribution in [-0.2, 0) is 29.3 Å². The molecule has 0 saturated heterocycles. The van der Waals surface area contributed by atoms with E-state index in [2.05, 4.69) is 6.58 Å². The third-order valence-electron chi connectivity index (χ3n) is 5.57. The second-order valence-corrected chi connectivity index (χ2v) is 7.11. The van der Waals surface area contributed by atoms with Crippen molar-refractivity contribution < 1.29 is 23.9 Å². The lowest BCUT2D eigenvalue weighted by Crippen LogP contribution is -2.50. The maximum absolute atomic E-state index is 13.4. The highest BCUT2D eigenvalue weighted by molar-refractivity contribution is 6.18. The molecule has 7 nitrogen and oxygen atoms in total. The number of esters is 2. The van der Waals surface area contributed by atoms with Crippen LogP contribution in [0.1, 0.15) is 31.7 Å². The van der Waals surface area contributed by atoms with Gasteiger partial charge in [0.15, 0.2) is 11.2 Å². The molecule has 2 heterocycles. The number of benzene rings is 1. The summed E-state index contributed by atoms with van der Waals surface area (Å²) in [6.07, 6.45) is 2.99. The van der Waals surface area contributed by atoms with Gasteiger partial charge >= 0.3 is 11.9 Å². The summed E-state index contributed by atoms with van der Waals surface area (Å²) in [6, 6.07) is 7.10. The van der Waals surface area contributed by atoms with E-state index in [1.807, 2.05) is 6.07 Å².